The van der Waals surface area contributed by atoms with Gasteiger partial charge in [-0.05, 0) is 73.7 Å². The van der Waals surface area contributed by atoms with Crippen molar-refractivity contribution in [3.63, 3.8) is 0 Å². The summed E-state index contributed by atoms with van der Waals surface area (Å²) in [6.45, 7) is 3.60. The summed E-state index contributed by atoms with van der Waals surface area (Å²) in [5.74, 6) is 2.31. The predicted molar refractivity (Wildman–Crippen MR) is 179 cm³/mol. The molecule has 48 heavy (non-hydrogen) atoms. The molecule has 6 fully saturated rings. The Bertz CT molecular complexity index is 2030. The molecule has 1 aromatic heterocycles. The number of nitrogens with one attached hydrogen (secondary N) is 1. The number of ether oxygens (including phenoxy) is 1. The number of terminal acetylenes is 1. The summed E-state index contributed by atoms with van der Waals surface area (Å²) < 4.78 is 38.2. The van der Waals surface area contributed by atoms with E-state index in [0.717, 1.165) is 64.7 Å². The molecule has 4 aromatic rings. The van der Waals surface area contributed by atoms with Crippen LogP contribution in [0.15, 0.2) is 36.4 Å². The van der Waals surface area contributed by atoms with Crippen molar-refractivity contribution in [2.24, 2.45) is 11.3 Å². The lowest BCUT2D eigenvalue weighted by Gasteiger charge is -2.45. The second kappa shape index (κ2) is 11.1. The van der Waals surface area contributed by atoms with Crippen molar-refractivity contribution in [3.05, 3.63) is 53.6 Å². The molecule has 246 valence electrons. The van der Waals surface area contributed by atoms with Crippen molar-refractivity contribution in [2.75, 3.05) is 37.7 Å². The summed E-state index contributed by atoms with van der Waals surface area (Å²) in [7, 11) is 0. The van der Waals surface area contributed by atoms with Crippen LogP contribution in [0.3, 0.4) is 0 Å². The standard InChI is InChI=1S/C38H37F2N5O3/c1-2-27-31(39)10-4-21-13-26(46)15-30(33(21)27)28-8-9-29-35(34(28)40)42-37(43-36(29)44-17-23-5-6-24(18-44)41-23)48-20-38(11-12-38)19-45-16-22-3-7-25(45)14-32(22)47/h1,4,8-10,13,15,22-25,41,46H,3,5-7,11-12,14,16-20H2. The Morgan fingerprint density at radius 2 is 1.83 bits per heavy atom. The molecule has 4 atom stereocenters. The number of phenols is 1. The van der Waals surface area contributed by atoms with Gasteiger partial charge in [0.1, 0.15) is 28.7 Å². The number of phenolic OH excluding ortho intramolecular Hbond substituents is 1. The summed E-state index contributed by atoms with van der Waals surface area (Å²) in [5, 5.41) is 15.7. The van der Waals surface area contributed by atoms with Crippen LogP contribution >= 0.6 is 0 Å². The number of rotatable bonds is 7. The Hall–Kier alpha value is -4.33. The van der Waals surface area contributed by atoms with Crippen LogP contribution < -0.4 is 15.0 Å². The lowest BCUT2D eigenvalue weighted by atomic mass is 9.78. The molecule has 3 aromatic carbocycles. The first-order valence-corrected chi connectivity index (χ1v) is 17.1. The second-order valence-electron chi connectivity index (χ2n) is 14.7. The Kier molecular flexibility index (Phi) is 6.89. The maximum absolute atomic E-state index is 16.9. The molecule has 4 aliphatic heterocycles. The van der Waals surface area contributed by atoms with Gasteiger partial charge in [0.2, 0.25) is 0 Å². The lowest BCUT2D eigenvalue weighted by molar-refractivity contribution is -0.133. The van der Waals surface area contributed by atoms with Gasteiger partial charge in [0, 0.05) is 78.4 Å². The van der Waals surface area contributed by atoms with Gasteiger partial charge in [-0.3, -0.25) is 9.69 Å². The number of halogens is 2. The summed E-state index contributed by atoms with van der Waals surface area (Å²) in [4.78, 5) is 26.6. The quantitative estimate of drug-likeness (QED) is 0.252. The molecule has 2 saturated carbocycles. The topological polar surface area (TPSA) is 90.8 Å². The number of carbonyl (C=O) groups excluding carboxylic acids is 1. The number of anilines is 1. The maximum Gasteiger partial charge on any atom is 0.319 e. The molecule has 5 heterocycles. The van der Waals surface area contributed by atoms with Crippen molar-refractivity contribution in [2.45, 2.75) is 63.1 Å². The number of nitrogens with zero attached hydrogens (tertiary/aromatic N) is 4. The summed E-state index contributed by atoms with van der Waals surface area (Å²) in [6.07, 6.45) is 12.6. The Balaban J connectivity index is 1.11. The molecule has 10 rings (SSSR count). The zero-order chi connectivity index (χ0) is 32.7. The van der Waals surface area contributed by atoms with Gasteiger partial charge >= 0.3 is 6.01 Å². The number of hydrogen-bond acceptors (Lipinski definition) is 8. The van der Waals surface area contributed by atoms with E-state index in [1.165, 1.54) is 24.3 Å². The van der Waals surface area contributed by atoms with Crippen LogP contribution in [-0.4, -0.2) is 76.7 Å². The molecule has 2 N–H and O–H groups in total. The fourth-order valence-corrected chi connectivity index (χ4v) is 8.75. The number of benzene rings is 3. The molecular formula is C38H37F2N5O3. The normalized spacial score (nSPS) is 25.9. The van der Waals surface area contributed by atoms with E-state index >= 15 is 4.39 Å². The Labute approximate surface area is 277 Å². The third-order valence-corrected chi connectivity index (χ3v) is 11.5. The van der Waals surface area contributed by atoms with Crippen LogP contribution in [-0.2, 0) is 4.79 Å². The molecule has 4 bridgehead atoms. The smallest absolute Gasteiger partial charge is 0.319 e. The molecule has 8 nitrogen and oxygen atoms in total. The van der Waals surface area contributed by atoms with Crippen molar-refractivity contribution >= 4 is 33.3 Å². The summed E-state index contributed by atoms with van der Waals surface area (Å²) >= 11 is 0. The highest BCUT2D eigenvalue weighted by molar-refractivity contribution is 6.04. The number of piperazine rings is 1. The van der Waals surface area contributed by atoms with Crippen LogP contribution in [0.4, 0.5) is 14.6 Å². The summed E-state index contributed by atoms with van der Waals surface area (Å²) in [6, 6.07) is 10.2. The Morgan fingerprint density at radius 3 is 2.54 bits per heavy atom. The van der Waals surface area contributed by atoms with E-state index in [1.54, 1.807) is 12.1 Å². The zero-order valence-electron chi connectivity index (χ0n) is 26.6. The molecular weight excluding hydrogens is 612 g/mol. The third-order valence-electron chi connectivity index (χ3n) is 11.5. The van der Waals surface area contributed by atoms with Gasteiger partial charge in [-0.2, -0.15) is 9.97 Å². The monoisotopic (exact) mass is 649 g/mol. The fraction of sp³-hybridized carbons (Fsp3) is 0.447. The predicted octanol–water partition coefficient (Wildman–Crippen LogP) is 5.57. The number of Topliss-reactive ketones (excluding diaryl/α,β-unsaturated/α-hetero) is 1. The first kappa shape index (κ1) is 29.8. The minimum atomic E-state index is -0.617. The molecule has 4 saturated heterocycles. The number of fused-ring (bicyclic) bond motifs is 7. The van der Waals surface area contributed by atoms with E-state index in [1.807, 2.05) is 0 Å². The van der Waals surface area contributed by atoms with Crippen molar-refractivity contribution in [3.8, 4) is 35.2 Å². The van der Waals surface area contributed by atoms with Gasteiger partial charge in [0.15, 0.2) is 5.82 Å². The highest BCUT2D eigenvalue weighted by atomic mass is 19.1. The van der Waals surface area contributed by atoms with Crippen LogP contribution in [0.1, 0.15) is 50.5 Å². The zero-order valence-corrected chi connectivity index (χ0v) is 26.6. The van der Waals surface area contributed by atoms with Crippen molar-refractivity contribution in [1.82, 2.24) is 20.2 Å². The SMILES string of the molecule is C#Cc1c(F)ccc2cc(O)cc(-c3ccc4c(N5CC6CCC(C5)N6)nc(OCC5(CN6CC7CCC6CC7=O)CC5)nc4c3F)c12. The summed E-state index contributed by atoms with van der Waals surface area (Å²) in [5.41, 5.74) is 0.502. The molecule has 6 aliphatic rings. The average Bonchev–Trinajstić information content (AvgIpc) is 3.77. The molecule has 4 unspecified atom stereocenters. The van der Waals surface area contributed by atoms with Crippen molar-refractivity contribution in [1.29, 1.82) is 0 Å². The number of piperidine rings is 2. The van der Waals surface area contributed by atoms with E-state index < -0.39 is 11.6 Å². The van der Waals surface area contributed by atoms with Gasteiger partial charge in [0.05, 0.1) is 12.2 Å². The Morgan fingerprint density at radius 1 is 1.02 bits per heavy atom. The highest BCUT2D eigenvalue weighted by Gasteiger charge is 2.49. The molecule has 0 radical (unpaired) electrons. The van der Waals surface area contributed by atoms with E-state index in [2.05, 4.69) is 26.0 Å². The van der Waals surface area contributed by atoms with Crippen LogP contribution in [0.2, 0.25) is 0 Å². The van der Waals surface area contributed by atoms with E-state index in [-0.39, 0.29) is 45.3 Å². The van der Waals surface area contributed by atoms with E-state index in [9.17, 15) is 14.3 Å². The lowest BCUT2D eigenvalue weighted by Crippen LogP contribution is -2.54. The number of aromatic hydroxyl groups is 1. The van der Waals surface area contributed by atoms with Crippen molar-refractivity contribution < 1.29 is 23.4 Å². The van der Waals surface area contributed by atoms with Crippen LogP contribution in [0, 0.1) is 35.3 Å². The van der Waals surface area contributed by atoms with Gasteiger partial charge in [-0.1, -0.05) is 18.1 Å². The minimum absolute atomic E-state index is 0.00622. The maximum atomic E-state index is 16.9. The van der Waals surface area contributed by atoms with Crippen LogP contribution in [0.5, 0.6) is 11.8 Å². The largest absolute Gasteiger partial charge is 0.508 e. The van der Waals surface area contributed by atoms with Crippen LogP contribution in [0.25, 0.3) is 32.8 Å². The van der Waals surface area contributed by atoms with Gasteiger partial charge in [-0.25, -0.2) is 8.78 Å². The van der Waals surface area contributed by atoms with Gasteiger partial charge < -0.3 is 20.1 Å². The number of aromatic nitrogens is 2. The number of carbonyl (C=O) groups is 1. The molecule has 0 spiro atoms. The van der Waals surface area contributed by atoms with Gasteiger partial charge in [0.25, 0.3) is 0 Å². The molecule has 2 aliphatic carbocycles. The molecule has 0 amide bonds. The van der Waals surface area contributed by atoms with E-state index in [0.29, 0.717) is 58.9 Å². The van der Waals surface area contributed by atoms with E-state index in [4.69, 9.17) is 16.1 Å². The average molecular weight is 650 g/mol. The first-order chi connectivity index (χ1) is 23.3. The third kappa shape index (κ3) is 4.98. The second-order valence-corrected chi connectivity index (χ2v) is 14.7. The molecule has 10 heteroatoms. The minimum Gasteiger partial charge on any atom is -0.508 e. The first-order valence-electron chi connectivity index (χ1n) is 17.1. The number of hydrogen-bond donors (Lipinski definition) is 2. The number of ketones is 1. The fourth-order valence-electron chi connectivity index (χ4n) is 8.75. The van der Waals surface area contributed by atoms with Gasteiger partial charge in [-0.15, -0.1) is 6.42 Å². The highest BCUT2D eigenvalue weighted by Crippen LogP contribution is 2.49.